The van der Waals surface area contributed by atoms with E-state index < -0.39 is 16.1 Å². The Morgan fingerprint density at radius 2 is 1.94 bits per heavy atom. The Labute approximate surface area is 187 Å². The summed E-state index contributed by atoms with van der Waals surface area (Å²) in [5, 5.41) is 9.37. The second-order valence-electron chi connectivity index (χ2n) is 7.89. The van der Waals surface area contributed by atoms with E-state index in [2.05, 4.69) is 11.1 Å². The van der Waals surface area contributed by atoms with Crippen LogP contribution in [0.4, 0.5) is 5.69 Å². The van der Waals surface area contributed by atoms with Gasteiger partial charge in [-0.15, -0.1) is 0 Å². The number of fused-ring (bicyclic) bond motifs is 1. The van der Waals surface area contributed by atoms with Crippen LogP contribution in [0.25, 0.3) is 0 Å². The van der Waals surface area contributed by atoms with Gasteiger partial charge in [0.25, 0.3) is 0 Å². The van der Waals surface area contributed by atoms with Gasteiger partial charge in [-0.25, -0.2) is 13.4 Å². The number of nitrogens with zero attached hydrogens (tertiary/aromatic N) is 5. The molecule has 0 aliphatic carbocycles. The van der Waals surface area contributed by atoms with E-state index in [4.69, 9.17) is 0 Å². The fraction of sp³-hybridized carbons (Fsp3) is 0.261. The molecule has 32 heavy (non-hydrogen) atoms. The number of imidazole rings is 1. The summed E-state index contributed by atoms with van der Waals surface area (Å²) in [5.41, 5.74) is 3.29. The Morgan fingerprint density at radius 1 is 1.19 bits per heavy atom. The first-order valence-corrected chi connectivity index (χ1v) is 11.9. The highest BCUT2D eigenvalue weighted by Gasteiger charge is 2.40. The third-order valence-corrected chi connectivity index (χ3v) is 6.89. The lowest BCUT2D eigenvalue weighted by Gasteiger charge is -2.29. The number of hydrogen-bond donors (Lipinski definition) is 0. The van der Waals surface area contributed by atoms with Crippen LogP contribution in [0.5, 0.6) is 0 Å². The van der Waals surface area contributed by atoms with Crippen molar-refractivity contribution in [3.63, 3.8) is 0 Å². The number of nitriles is 1. The molecular weight excluding hydrogens is 426 g/mol. The fourth-order valence-electron chi connectivity index (χ4n) is 3.98. The molecule has 1 aromatic heterocycles. The number of aromatic nitrogens is 2. The van der Waals surface area contributed by atoms with Gasteiger partial charge in [0, 0.05) is 25.5 Å². The SMILES string of the molecule is Cn1cncc1CN1C(=O)C(Cc2ccccc2)N(S(C)(=O)=O)Cc2cc(C#N)ccc21. The Balaban J connectivity index is 1.86. The minimum absolute atomic E-state index is 0.00874. The molecule has 0 fully saturated rings. The van der Waals surface area contributed by atoms with E-state index in [-0.39, 0.29) is 25.4 Å². The summed E-state index contributed by atoms with van der Waals surface area (Å²) in [7, 11) is -1.88. The quantitative estimate of drug-likeness (QED) is 0.595. The first-order chi connectivity index (χ1) is 15.3. The summed E-state index contributed by atoms with van der Waals surface area (Å²) in [4.78, 5) is 19.6. The largest absolute Gasteiger partial charge is 0.336 e. The summed E-state index contributed by atoms with van der Waals surface area (Å²) in [5.74, 6) is -0.316. The number of aryl methyl sites for hydroxylation is 1. The first kappa shape index (κ1) is 21.7. The number of sulfonamides is 1. The number of hydrogen-bond acceptors (Lipinski definition) is 5. The smallest absolute Gasteiger partial charge is 0.246 e. The number of amides is 1. The maximum absolute atomic E-state index is 13.9. The van der Waals surface area contributed by atoms with Crippen LogP contribution in [0.1, 0.15) is 22.4 Å². The summed E-state index contributed by atoms with van der Waals surface area (Å²) < 4.78 is 28.7. The van der Waals surface area contributed by atoms with E-state index in [1.807, 2.05) is 41.9 Å². The molecular formula is C23H23N5O3S. The Kier molecular flexibility index (Phi) is 5.82. The minimum atomic E-state index is -3.72. The summed E-state index contributed by atoms with van der Waals surface area (Å²) in [6, 6.07) is 15.6. The van der Waals surface area contributed by atoms with Gasteiger partial charge < -0.3 is 9.47 Å². The first-order valence-electron chi connectivity index (χ1n) is 10.1. The highest BCUT2D eigenvalue weighted by atomic mass is 32.2. The van der Waals surface area contributed by atoms with Crippen LogP contribution in [-0.2, 0) is 41.4 Å². The average molecular weight is 450 g/mol. The molecule has 0 bridgehead atoms. The van der Waals surface area contributed by atoms with Crippen LogP contribution in [0.3, 0.4) is 0 Å². The molecule has 1 atom stereocenters. The zero-order valence-electron chi connectivity index (χ0n) is 17.8. The van der Waals surface area contributed by atoms with Gasteiger partial charge in [0.1, 0.15) is 6.04 Å². The van der Waals surface area contributed by atoms with Crippen molar-refractivity contribution in [3.05, 3.63) is 83.4 Å². The molecule has 1 aliphatic rings. The normalized spacial score (nSPS) is 17.0. The zero-order chi connectivity index (χ0) is 22.9. The van der Waals surface area contributed by atoms with Crippen molar-refractivity contribution < 1.29 is 13.2 Å². The topological polar surface area (TPSA) is 99.3 Å². The van der Waals surface area contributed by atoms with Crippen molar-refractivity contribution in [2.45, 2.75) is 25.6 Å². The van der Waals surface area contributed by atoms with Crippen LogP contribution in [0, 0.1) is 11.3 Å². The molecule has 3 aromatic rings. The average Bonchev–Trinajstić information content (AvgIpc) is 3.13. The van der Waals surface area contributed by atoms with Gasteiger partial charge in [0.05, 0.1) is 36.5 Å². The van der Waals surface area contributed by atoms with Crippen molar-refractivity contribution in [3.8, 4) is 6.07 Å². The Morgan fingerprint density at radius 3 is 2.56 bits per heavy atom. The van der Waals surface area contributed by atoms with E-state index in [9.17, 15) is 18.5 Å². The molecule has 0 spiro atoms. The van der Waals surface area contributed by atoms with Crippen molar-refractivity contribution in [1.82, 2.24) is 13.9 Å². The fourth-order valence-corrected chi connectivity index (χ4v) is 4.98. The molecule has 1 amide bonds. The number of anilines is 1. The predicted octanol–water partition coefficient (Wildman–Crippen LogP) is 2.21. The van der Waals surface area contributed by atoms with Crippen molar-refractivity contribution in [2.24, 2.45) is 7.05 Å². The van der Waals surface area contributed by atoms with Crippen LogP contribution < -0.4 is 4.90 Å². The molecule has 2 aromatic carbocycles. The van der Waals surface area contributed by atoms with Crippen molar-refractivity contribution in [2.75, 3.05) is 11.2 Å². The maximum Gasteiger partial charge on any atom is 0.246 e. The molecule has 2 heterocycles. The third-order valence-electron chi connectivity index (χ3n) is 5.66. The molecule has 4 rings (SSSR count). The molecule has 1 unspecified atom stereocenters. The van der Waals surface area contributed by atoms with E-state index >= 15 is 0 Å². The Bertz CT molecular complexity index is 1290. The minimum Gasteiger partial charge on any atom is -0.336 e. The molecule has 0 radical (unpaired) electrons. The number of carbonyl (C=O) groups excluding carboxylic acids is 1. The van der Waals surface area contributed by atoms with Gasteiger partial charge in [-0.05, 0) is 35.7 Å². The summed E-state index contributed by atoms with van der Waals surface area (Å²) in [6.07, 6.45) is 4.69. The van der Waals surface area contributed by atoms with Crippen LogP contribution in [0.15, 0.2) is 61.1 Å². The van der Waals surface area contributed by atoms with E-state index in [1.165, 1.54) is 4.31 Å². The summed E-state index contributed by atoms with van der Waals surface area (Å²) in [6.45, 7) is 0.242. The van der Waals surface area contributed by atoms with Gasteiger partial charge >= 0.3 is 0 Å². The molecule has 0 saturated carbocycles. The zero-order valence-corrected chi connectivity index (χ0v) is 18.7. The molecule has 164 valence electrons. The second kappa shape index (κ2) is 8.57. The lowest BCUT2D eigenvalue weighted by atomic mass is 10.0. The standard InChI is InChI=1S/C23H23N5O3S/c1-26-16-25-13-20(26)15-27-21-9-8-18(12-24)10-19(21)14-28(32(2,30)31)22(23(27)29)11-17-6-4-3-5-7-17/h3-10,13,16,22H,11,14-15H2,1-2H3. The molecule has 8 nitrogen and oxygen atoms in total. The second-order valence-corrected chi connectivity index (χ2v) is 9.82. The van der Waals surface area contributed by atoms with Crippen LogP contribution >= 0.6 is 0 Å². The monoisotopic (exact) mass is 449 g/mol. The van der Waals surface area contributed by atoms with Crippen molar-refractivity contribution >= 4 is 21.6 Å². The van der Waals surface area contributed by atoms with Crippen LogP contribution in [0.2, 0.25) is 0 Å². The molecule has 0 saturated heterocycles. The number of rotatable bonds is 5. The van der Waals surface area contributed by atoms with Gasteiger partial charge in [-0.3, -0.25) is 4.79 Å². The van der Waals surface area contributed by atoms with Gasteiger partial charge in [0.2, 0.25) is 15.9 Å². The predicted molar refractivity (Wildman–Crippen MR) is 120 cm³/mol. The molecule has 9 heteroatoms. The van der Waals surface area contributed by atoms with Gasteiger partial charge in [0.15, 0.2) is 0 Å². The van der Waals surface area contributed by atoms with E-state index in [1.54, 1.807) is 35.6 Å². The van der Waals surface area contributed by atoms with Gasteiger partial charge in [-0.2, -0.15) is 9.57 Å². The highest BCUT2D eigenvalue weighted by Crippen LogP contribution is 2.32. The van der Waals surface area contributed by atoms with Gasteiger partial charge in [-0.1, -0.05) is 30.3 Å². The lowest BCUT2D eigenvalue weighted by Crippen LogP contribution is -2.49. The highest BCUT2D eigenvalue weighted by molar-refractivity contribution is 7.88. The van der Waals surface area contributed by atoms with Crippen LogP contribution in [-0.4, -0.2) is 40.5 Å². The Hall–Kier alpha value is -3.48. The van der Waals surface area contributed by atoms with E-state index in [0.717, 1.165) is 17.5 Å². The number of benzene rings is 2. The molecule has 1 aliphatic heterocycles. The summed E-state index contributed by atoms with van der Waals surface area (Å²) >= 11 is 0. The number of carbonyl (C=O) groups is 1. The maximum atomic E-state index is 13.9. The molecule has 0 N–H and O–H groups in total. The lowest BCUT2D eigenvalue weighted by molar-refractivity contribution is -0.122. The third kappa shape index (κ3) is 4.28. The van der Waals surface area contributed by atoms with E-state index in [0.29, 0.717) is 16.8 Å². The van der Waals surface area contributed by atoms with Crippen molar-refractivity contribution in [1.29, 1.82) is 5.26 Å².